The number of hydrogen-bond acceptors (Lipinski definition) is 3. The van der Waals surface area contributed by atoms with E-state index in [1.165, 1.54) is 18.2 Å². The molecule has 0 atom stereocenters. The fourth-order valence-electron chi connectivity index (χ4n) is 2.68. The molecule has 0 saturated heterocycles. The molecule has 0 heterocycles. The quantitative estimate of drug-likeness (QED) is 0.384. The zero-order valence-corrected chi connectivity index (χ0v) is 17.7. The number of nitriles is 1. The van der Waals surface area contributed by atoms with Gasteiger partial charge in [-0.1, -0.05) is 42.3 Å². The van der Waals surface area contributed by atoms with E-state index >= 15 is 0 Å². The fourth-order valence-corrected chi connectivity index (χ4v) is 3.21. The third-order valence-electron chi connectivity index (χ3n) is 4.03. The summed E-state index contributed by atoms with van der Waals surface area (Å²) in [6.07, 6.45) is 2.67. The van der Waals surface area contributed by atoms with E-state index in [2.05, 4.69) is 0 Å². The minimum atomic E-state index is -0.860. The molecule has 0 aliphatic carbocycles. The molecule has 146 valence electrons. The number of hydrogen-bond donors (Lipinski definition) is 0. The summed E-state index contributed by atoms with van der Waals surface area (Å²) in [5, 5.41) is 12.2. The molecule has 2 aromatic rings. The second-order valence-electron chi connectivity index (χ2n) is 7.21. The molecular formula is C21H21Cl2N3O2. The number of amides is 2. The zero-order valence-electron chi connectivity index (χ0n) is 16.2. The predicted molar refractivity (Wildman–Crippen MR) is 110 cm³/mol. The van der Waals surface area contributed by atoms with E-state index in [0.717, 1.165) is 22.0 Å². The number of aryl methyl sites for hydroxylation is 1. The molecule has 28 heavy (non-hydrogen) atoms. The van der Waals surface area contributed by atoms with Crippen molar-refractivity contribution < 1.29 is 9.59 Å². The Bertz CT molecular complexity index is 908. The third-order valence-corrected chi connectivity index (χ3v) is 4.47. The van der Waals surface area contributed by atoms with Crippen molar-refractivity contribution in [2.45, 2.75) is 39.7 Å². The van der Waals surface area contributed by atoms with Crippen molar-refractivity contribution in [1.82, 2.24) is 10.0 Å². The highest BCUT2D eigenvalue weighted by Gasteiger charge is 2.36. The van der Waals surface area contributed by atoms with Gasteiger partial charge >= 0.3 is 0 Å². The first-order chi connectivity index (χ1) is 13.1. The monoisotopic (exact) mass is 417 g/mol. The van der Waals surface area contributed by atoms with Crippen LogP contribution >= 0.6 is 23.2 Å². The van der Waals surface area contributed by atoms with Gasteiger partial charge < -0.3 is 0 Å². The first-order valence-corrected chi connectivity index (χ1v) is 9.47. The highest BCUT2D eigenvalue weighted by molar-refractivity contribution is 6.35. The molecule has 0 bridgehead atoms. The van der Waals surface area contributed by atoms with Gasteiger partial charge in [0.15, 0.2) is 0 Å². The summed E-state index contributed by atoms with van der Waals surface area (Å²) in [7, 11) is 0. The molecular weight excluding hydrogens is 397 g/mol. The first kappa shape index (κ1) is 21.7. The summed E-state index contributed by atoms with van der Waals surface area (Å²) < 4.78 is 0. The molecule has 0 aromatic heterocycles. The van der Waals surface area contributed by atoms with Crippen LogP contribution in [0.3, 0.4) is 0 Å². The summed E-state index contributed by atoms with van der Waals surface area (Å²) in [4.78, 5) is 26.2. The topological polar surface area (TPSA) is 64.4 Å². The van der Waals surface area contributed by atoms with Gasteiger partial charge in [0.2, 0.25) is 6.19 Å². The lowest BCUT2D eigenvalue weighted by Gasteiger charge is -2.39. The Balaban J connectivity index is 2.48. The Labute approximate surface area is 175 Å². The number of rotatable bonds is 3. The van der Waals surface area contributed by atoms with Gasteiger partial charge in [0.25, 0.3) is 11.8 Å². The van der Waals surface area contributed by atoms with Gasteiger partial charge in [-0.3, -0.25) is 9.59 Å². The summed E-state index contributed by atoms with van der Waals surface area (Å²) in [5.74, 6) is -1.15. The van der Waals surface area contributed by atoms with E-state index in [9.17, 15) is 14.9 Å². The van der Waals surface area contributed by atoms with E-state index in [1.54, 1.807) is 32.9 Å². The van der Waals surface area contributed by atoms with Crippen LogP contribution in [0.2, 0.25) is 10.0 Å². The van der Waals surface area contributed by atoms with Gasteiger partial charge in [-0.25, -0.2) is 5.01 Å². The molecule has 0 N–H and O–H groups in total. The normalized spacial score (nSPS) is 10.9. The van der Waals surface area contributed by atoms with E-state index in [0.29, 0.717) is 5.56 Å². The van der Waals surface area contributed by atoms with E-state index in [1.807, 2.05) is 25.2 Å². The number of hydrazine groups is 1. The van der Waals surface area contributed by atoms with Crippen molar-refractivity contribution >= 4 is 35.0 Å². The second kappa shape index (κ2) is 8.64. The Hall–Kier alpha value is -2.55. The Morgan fingerprint density at radius 3 is 1.93 bits per heavy atom. The highest BCUT2D eigenvalue weighted by atomic mass is 35.5. The maximum absolute atomic E-state index is 13.2. The molecule has 2 amide bonds. The van der Waals surface area contributed by atoms with Crippen LogP contribution in [0.25, 0.3) is 0 Å². The molecule has 5 nitrogen and oxygen atoms in total. The molecule has 2 rings (SSSR count). The van der Waals surface area contributed by atoms with E-state index in [-0.39, 0.29) is 15.6 Å². The van der Waals surface area contributed by atoms with Crippen LogP contribution in [0.5, 0.6) is 0 Å². The summed E-state index contributed by atoms with van der Waals surface area (Å²) in [6.45, 7) is 7.20. The number of benzene rings is 2. The van der Waals surface area contributed by atoms with Crippen LogP contribution in [-0.2, 0) is 6.42 Å². The SMILES string of the molecule is CCc1ccc(C(=O)N(C#N)N(C(=O)c2cc(Cl)cc(Cl)c2)C(C)(C)C)cc1. The average Bonchev–Trinajstić information content (AvgIpc) is 2.63. The van der Waals surface area contributed by atoms with Gasteiger partial charge in [0, 0.05) is 21.2 Å². The number of carbonyl (C=O) groups is 2. The third kappa shape index (κ3) is 4.83. The van der Waals surface area contributed by atoms with E-state index in [4.69, 9.17) is 23.2 Å². The maximum Gasteiger partial charge on any atom is 0.286 e. The molecule has 0 saturated carbocycles. The minimum Gasteiger partial charge on any atom is -0.267 e. The molecule has 7 heteroatoms. The van der Waals surface area contributed by atoms with Crippen LogP contribution in [0.15, 0.2) is 42.5 Å². The highest BCUT2D eigenvalue weighted by Crippen LogP contribution is 2.25. The summed E-state index contributed by atoms with van der Waals surface area (Å²) in [6, 6.07) is 11.3. The second-order valence-corrected chi connectivity index (χ2v) is 8.09. The maximum atomic E-state index is 13.2. The Morgan fingerprint density at radius 1 is 0.964 bits per heavy atom. The lowest BCUT2D eigenvalue weighted by Crippen LogP contribution is -2.56. The lowest BCUT2D eigenvalue weighted by atomic mass is 10.1. The van der Waals surface area contributed by atoms with Gasteiger partial charge in [0.05, 0.1) is 5.54 Å². The fraction of sp³-hybridized carbons (Fsp3) is 0.286. The lowest BCUT2D eigenvalue weighted by molar-refractivity contribution is -0.0167. The van der Waals surface area contributed by atoms with Crippen molar-refractivity contribution in [3.8, 4) is 6.19 Å². The molecule has 0 radical (unpaired) electrons. The Morgan fingerprint density at radius 2 is 1.50 bits per heavy atom. The molecule has 0 spiro atoms. The summed E-state index contributed by atoms with van der Waals surface area (Å²) in [5.41, 5.74) is 0.699. The van der Waals surface area contributed by atoms with Crippen LogP contribution in [0, 0.1) is 11.5 Å². The number of nitrogens with zero attached hydrogens (tertiary/aromatic N) is 3. The van der Waals surface area contributed by atoms with Crippen molar-refractivity contribution in [2.24, 2.45) is 0 Å². The van der Waals surface area contributed by atoms with Crippen LogP contribution in [0.1, 0.15) is 54.0 Å². The van der Waals surface area contributed by atoms with Crippen molar-refractivity contribution in [3.63, 3.8) is 0 Å². The van der Waals surface area contributed by atoms with Crippen molar-refractivity contribution in [3.05, 3.63) is 69.2 Å². The van der Waals surface area contributed by atoms with Crippen LogP contribution in [-0.4, -0.2) is 27.4 Å². The van der Waals surface area contributed by atoms with Crippen molar-refractivity contribution in [1.29, 1.82) is 5.26 Å². The largest absolute Gasteiger partial charge is 0.286 e. The smallest absolute Gasteiger partial charge is 0.267 e. The molecule has 0 aliphatic heterocycles. The van der Waals surface area contributed by atoms with Crippen LogP contribution in [0.4, 0.5) is 0 Å². The predicted octanol–water partition coefficient (Wildman–Crippen LogP) is 5.33. The van der Waals surface area contributed by atoms with Gasteiger partial charge in [-0.05, 0) is 63.1 Å². The van der Waals surface area contributed by atoms with Gasteiger partial charge in [0.1, 0.15) is 0 Å². The molecule has 0 aliphatic rings. The molecule has 0 unspecified atom stereocenters. The average molecular weight is 418 g/mol. The number of carbonyl (C=O) groups excluding carboxylic acids is 2. The minimum absolute atomic E-state index is 0.182. The molecule has 0 fully saturated rings. The van der Waals surface area contributed by atoms with Crippen LogP contribution < -0.4 is 0 Å². The van der Waals surface area contributed by atoms with Crippen molar-refractivity contribution in [2.75, 3.05) is 0 Å². The van der Waals surface area contributed by atoms with Gasteiger partial charge in [-0.2, -0.15) is 5.26 Å². The zero-order chi connectivity index (χ0) is 21.1. The Kier molecular flexibility index (Phi) is 6.71. The van der Waals surface area contributed by atoms with E-state index < -0.39 is 17.4 Å². The standard InChI is InChI=1S/C21H21Cl2N3O2/c1-5-14-6-8-15(9-7-14)19(27)25(13-24)26(21(2,3)4)20(28)16-10-17(22)12-18(23)11-16/h6-12H,5H2,1-4H3. The number of halogens is 2. The summed E-state index contributed by atoms with van der Waals surface area (Å²) >= 11 is 12.0. The first-order valence-electron chi connectivity index (χ1n) is 8.72. The molecule has 2 aromatic carbocycles. The van der Waals surface area contributed by atoms with Gasteiger partial charge in [-0.15, -0.1) is 5.01 Å².